The van der Waals surface area contributed by atoms with Crippen molar-refractivity contribution in [3.63, 3.8) is 0 Å². The lowest BCUT2D eigenvalue weighted by molar-refractivity contribution is 0.118. The van der Waals surface area contributed by atoms with Crippen molar-refractivity contribution in [1.82, 2.24) is 4.72 Å². The highest BCUT2D eigenvalue weighted by Crippen LogP contribution is 2.14. The molecular formula is C13H20FNO3S. The highest BCUT2D eigenvalue weighted by atomic mass is 32.2. The van der Waals surface area contributed by atoms with Gasteiger partial charge in [0.15, 0.2) is 0 Å². The molecular weight excluding hydrogens is 269 g/mol. The van der Waals surface area contributed by atoms with E-state index in [1.807, 2.05) is 13.8 Å². The standard InChI is InChI=1S/C13H20FNO3S/c1-4-9(2)13(16)8-15-19(17,18)11-6-5-10(3)12(14)7-11/h5-7,9,13,15-16H,4,8H2,1-3H3. The SMILES string of the molecule is CCC(C)C(O)CNS(=O)(=O)c1ccc(C)c(F)c1. The predicted molar refractivity (Wildman–Crippen MR) is 71.8 cm³/mol. The van der Waals surface area contributed by atoms with Crippen LogP contribution in [0, 0.1) is 18.7 Å². The molecule has 19 heavy (non-hydrogen) atoms. The number of sulfonamides is 1. The molecule has 0 heterocycles. The zero-order valence-corrected chi connectivity index (χ0v) is 12.2. The van der Waals surface area contributed by atoms with Gasteiger partial charge in [0.25, 0.3) is 0 Å². The minimum atomic E-state index is -3.79. The Morgan fingerprint density at radius 2 is 2.05 bits per heavy atom. The second kappa shape index (κ2) is 6.45. The second-order valence-electron chi connectivity index (χ2n) is 4.72. The molecule has 108 valence electrons. The van der Waals surface area contributed by atoms with E-state index in [0.29, 0.717) is 5.56 Å². The average Bonchev–Trinajstić information content (AvgIpc) is 2.38. The monoisotopic (exact) mass is 289 g/mol. The highest BCUT2D eigenvalue weighted by Gasteiger charge is 2.19. The molecule has 0 amide bonds. The van der Waals surface area contributed by atoms with E-state index < -0.39 is 21.9 Å². The molecule has 0 aliphatic carbocycles. The molecule has 2 atom stereocenters. The van der Waals surface area contributed by atoms with Crippen LogP contribution in [0.2, 0.25) is 0 Å². The van der Waals surface area contributed by atoms with Crippen LogP contribution in [-0.4, -0.2) is 26.2 Å². The first-order valence-electron chi connectivity index (χ1n) is 6.21. The Labute approximate surface area is 113 Å². The average molecular weight is 289 g/mol. The van der Waals surface area contributed by atoms with Gasteiger partial charge in [-0.2, -0.15) is 0 Å². The summed E-state index contributed by atoms with van der Waals surface area (Å²) in [6.07, 6.45) is -0.00253. The van der Waals surface area contributed by atoms with E-state index in [1.165, 1.54) is 12.1 Å². The number of halogens is 1. The number of rotatable bonds is 6. The van der Waals surface area contributed by atoms with E-state index in [0.717, 1.165) is 12.5 Å². The molecule has 0 saturated heterocycles. The molecule has 0 saturated carbocycles. The van der Waals surface area contributed by atoms with Gasteiger partial charge in [0.05, 0.1) is 11.0 Å². The van der Waals surface area contributed by atoms with Crippen molar-refractivity contribution in [2.75, 3.05) is 6.54 Å². The van der Waals surface area contributed by atoms with Gasteiger partial charge in [0.2, 0.25) is 10.0 Å². The van der Waals surface area contributed by atoms with E-state index in [9.17, 15) is 17.9 Å². The van der Waals surface area contributed by atoms with Gasteiger partial charge in [-0.15, -0.1) is 0 Å². The van der Waals surface area contributed by atoms with Crippen LogP contribution >= 0.6 is 0 Å². The van der Waals surface area contributed by atoms with E-state index in [4.69, 9.17) is 0 Å². The maximum atomic E-state index is 13.3. The fraction of sp³-hybridized carbons (Fsp3) is 0.538. The van der Waals surface area contributed by atoms with Gasteiger partial charge >= 0.3 is 0 Å². The Balaban J connectivity index is 2.79. The molecule has 6 heteroatoms. The fourth-order valence-corrected chi connectivity index (χ4v) is 2.56. The predicted octanol–water partition coefficient (Wildman–Crippen LogP) is 1.82. The van der Waals surface area contributed by atoms with Gasteiger partial charge in [-0.3, -0.25) is 0 Å². The zero-order valence-electron chi connectivity index (χ0n) is 11.4. The number of nitrogens with one attached hydrogen (secondary N) is 1. The van der Waals surface area contributed by atoms with Crippen molar-refractivity contribution in [2.24, 2.45) is 5.92 Å². The summed E-state index contributed by atoms with van der Waals surface area (Å²) in [5.74, 6) is -0.567. The maximum Gasteiger partial charge on any atom is 0.240 e. The van der Waals surface area contributed by atoms with Crippen molar-refractivity contribution in [2.45, 2.75) is 38.2 Å². The van der Waals surface area contributed by atoms with Crippen LogP contribution < -0.4 is 4.72 Å². The van der Waals surface area contributed by atoms with Crippen molar-refractivity contribution >= 4 is 10.0 Å². The normalized spacial score (nSPS) is 15.2. The summed E-state index contributed by atoms with van der Waals surface area (Å²) in [6, 6.07) is 3.73. The van der Waals surface area contributed by atoms with Crippen LogP contribution in [0.4, 0.5) is 4.39 Å². The maximum absolute atomic E-state index is 13.3. The van der Waals surface area contributed by atoms with E-state index >= 15 is 0 Å². The van der Waals surface area contributed by atoms with Gasteiger partial charge in [-0.05, 0) is 30.5 Å². The van der Waals surface area contributed by atoms with Crippen LogP contribution in [-0.2, 0) is 10.0 Å². The van der Waals surface area contributed by atoms with Crippen LogP contribution in [0.3, 0.4) is 0 Å². The molecule has 0 aliphatic rings. The lowest BCUT2D eigenvalue weighted by Crippen LogP contribution is -2.35. The topological polar surface area (TPSA) is 66.4 Å². The van der Waals surface area contributed by atoms with Gasteiger partial charge in [-0.25, -0.2) is 17.5 Å². The largest absolute Gasteiger partial charge is 0.391 e. The quantitative estimate of drug-likeness (QED) is 0.839. The van der Waals surface area contributed by atoms with Gasteiger partial charge < -0.3 is 5.11 Å². The van der Waals surface area contributed by atoms with Crippen LogP contribution in [0.5, 0.6) is 0 Å². The molecule has 2 N–H and O–H groups in total. The summed E-state index contributed by atoms with van der Waals surface area (Å²) in [6.45, 7) is 5.24. The smallest absolute Gasteiger partial charge is 0.240 e. The van der Waals surface area contributed by atoms with Crippen molar-refractivity contribution in [1.29, 1.82) is 0 Å². The lowest BCUT2D eigenvalue weighted by Gasteiger charge is -2.17. The second-order valence-corrected chi connectivity index (χ2v) is 6.48. The number of benzene rings is 1. The molecule has 0 aliphatic heterocycles. The number of hydrogen-bond donors (Lipinski definition) is 2. The van der Waals surface area contributed by atoms with Crippen molar-refractivity contribution in [3.05, 3.63) is 29.6 Å². The molecule has 4 nitrogen and oxygen atoms in total. The fourth-order valence-electron chi connectivity index (χ4n) is 1.49. The summed E-state index contributed by atoms with van der Waals surface area (Å²) in [4.78, 5) is -0.132. The van der Waals surface area contributed by atoms with Gasteiger partial charge in [-0.1, -0.05) is 26.3 Å². The van der Waals surface area contributed by atoms with Gasteiger partial charge in [0, 0.05) is 6.54 Å². The number of hydrogen-bond acceptors (Lipinski definition) is 3. The number of aliphatic hydroxyl groups excluding tert-OH is 1. The summed E-state index contributed by atoms with van der Waals surface area (Å²) >= 11 is 0. The molecule has 1 rings (SSSR count). The van der Waals surface area contributed by atoms with Crippen molar-refractivity contribution in [3.8, 4) is 0 Å². The first kappa shape index (κ1) is 16.1. The Morgan fingerprint density at radius 1 is 1.42 bits per heavy atom. The molecule has 0 bridgehead atoms. The molecule has 2 unspecified atom stereocenters. The molecule has 1 aromatic rings. The Bertz CT molecular complexity index is 531. The molecule has 0 radical (unpaired) electrons. The Kier molecular flexibility index (Phi) is 5.46. The van der Waals surface area contributed by atoms with Crippen molar-refractivity contribution < 1.29 is 17.9 Å². The third-order valence-corrected chi connectivity index (χ3v) is 4.66. The summed E-state index contributed by atoms with van der Waals surface area (Å²) < 4.78 is 39.5. The Hall–Kier alpha value is -0.980. The van der Waals surface area contributed by atoms with Crippen LogP contribution in [0.1, 0.15) is 25.8 Å². The summed E-state index contributed by atoms with van der Waals surface area (Å²) in [5, 5.41) is 9.73. The zero-order chi connectivity index (χ0) is 14.6. The lowest BCUT2D eigenvalue weighted by atomic mass is 10.0. The third-order valence-electron chi connectivity index (χ3n) is 3.24. The highest BCUT2D eigenvalue weighted by molar-refractivity contribution is 7.89. The first-order valence-corrected chi connectivity index (χ1v) is 7.70. The van der Waals surface area contributed by atoms with E-state index in [-0.39, 0.29) is 17.4 Å². The third kappa shape index (κ3) is 4.26. The first-order chi connectivity index (χ1) is 8.77. The molecule has 0 fully saturated rings. The van der Waals surface area contributed by atoms with E-state index in [2.05, 4.69) is 4.72 Å². The molecule has 0 aromatic heterocycles. The minimum absolute atomic E-state index is 0.00236. The number of aryl methyl sites for hydroxylation is 1. The number of aliphatic hydroxyl groups is 1. The Morgan fingerprint density at radius 3 is 2.58 bits per heavy atom. The van der Waals surface area contributed by atoms with E-state index in [1.54, 1.807) is 6.92 Å². The summed E-state index contributed by atoms with van der Waals surface area (Å²) in [7, 11) is -3.79. The molecule has 0 spiro atoms. The molecule has 1 aromatic carbocycles. The minimum Gasteiger partial charge on any atom is -0.391 e. The van der Waals surface area contributed by atoms with Crippen LogP contribution in [0.15, 0.2) is 23.1 Å². The summed E-state index contributed by atoms with van der Waals surface area (Å²) in [5.41, 5.74) is 0.388. The van der Waals surface area contributed by atoms with Gasteiger partial charge in [0.1, 0.15) is 5.82 Å². The van der Waals surface area contributed by atoms with Crippen LogP contribution in [0.25, 0.3) is 0 Å².